The Balaban J connectivity index is 0.935. The lowest BCUT2D eigenvalue weighted by molar-refractivity contribution is -0.356. The lowest BCUT2D eigenvalue weighted by Gasteiger charge is -2.70. The standard InChI is InChI=1S/C52H82O22/c1-47(2)13-14-51(46(66)74-44-40(65)37(62)35(60)28(71-44)21-69-42-39(64)36(61)34(59)27(18-53)70-42)15-16-52(22-54)23(24(51)17-47)7-8-30-49(5)11-10-31(48(3,4)29(49)9-12-50(30,52)6)72-45-41(33(58)26(56)20-68-45)73-43-38(63)32(57)25(55)19-67-43/h7,22,24-45,53,55-65H,8-21H2,1-6H3/t24-,25+,26-,27+,28+,29-,30+,31-,32-,33-,34+,35+,36-,37-,38+,39+,40+,41+,42+,43-,44-,45-,49-,50+,51-,52-/m0/s1. The van der Waals surface area contributed by atoms with Crippen LogP contribution in [0.3, 0.4) is 0 Å². The molecule has 0 aromatic rings. The van der Waals surface area contributed by atoms with Crippen LogP contribution in [0.25, 0.3) is 0 Å². The number of esters is 1. The number of carbonyl (C=O) groups is 2. The van der Waals surface area contributed by atoms with Gasteiger partial charge in [0.15, 0.2) is 18.9 Å². The van der Waals surface area contributed by atoms with Crippen LogP contribution in [0.15, 0.2) is 11.6 Å². The van der Waals surface area contributed by atoms with Gasteiger partial charge < -0.3 is 104 Å². The van der Waals surface area contributed by atoms with Crippen LogP contribution < -0.4 is 0 Å². The first-order valence-corrected chi connectivity index (χ1v) is 26.7. The Kier molecular flexibility index (Phi) is 15.9. The summed E-state index contributed by atoms with van der Waals surface area (Å²) in [5, 5.41) is 127. The smallest absolute Gasteiger partial charge is 0.315 e. The first-order valence-electron chi connectivity index (χ1n) is 26.7. The van der Waals surface area contributed by atoms with E-state index in [0.29, 0.717) is 51.4 Å². The van der Waals surface area contributed by atoms with Crippen molar-refractivity contribution in [2.75, 3.05) is 26.4 Å². The normalized spacial score (nSPS) is 53.0. The average Bonchev–Trinajstić information content (AvgIpc) is 3.35. The number of carbonyl (C=O) groups excluding carboxylic acids is 2. The molecular formula is C52H82O22. The fraction of sp³-hybridized carbons (Fsp3) is 0.923. The van der Waals surface area contributed by atoms with E-state index in [4.69, 9.17) is 37.9 Å². The van der Waals surface area contributed by atoms with E-state index in [1.165, 1.54) is 0 Å². The SMILES string of the molecule is CC1(C)CC[C@]2(C(=O)O[C@@H]3O[C@H](CO[C@@H]4O[C@H](CO)[C@@H](O)[C@H](O)[C@H]4O)[C@@H](O)[C@H](O)[C@H]3O)CC[C@]3(C=O)C(=CC[C@@H]4[C@@]5(C)CC[C@H](O[C@@H]6OC[C@H](O)[C@H](O)[C@H]6O[C@@H]6OC[C@@H](O)[C@H](O)[C@H]6O)C(C)(C)[C@@H]5CC[C@]43C)[C@@H]2C1. The van der Waals surface area contributed by atoms with Gasteiger partial charge in [0.2, 0.25) is 6.29 Å². The van der Waals surface area contributed by atoms with Gasteiger partial charge >= 0.3 is 5.97 Å². The van der Waals surface area contributed by atoms with E-state index in [1.807, 2.05) is 0 Å². The molecule has 5 aliphatic carbocycles. The fourth-order valence-electron chi connectivity index (χ4n) is 15.8. The monoisotopic (exact) mass is 1060 g/mol. The van der Waals surface area contributed by atoms with Crippen molar-refractivity contribution in [2.45, 2.75) is 222 Å². The molecule has 8 fully saturated rings. The number of ether oxygens (including phenoxy) is 8. The summed E-state index contributed by atoms with van der Waals surface area (Å²) in [6.45, 7) is 11.3. The molecule has 4 saturated heterocycles. The molecule has 4 saturated carbocycles. The molecule has 4 heterocycles. The number of hydrogen-bond acceptors (Lipinski definition) is 22. The highest BCUT2D eigenvalue weighted by Gasteiger charge is 2.71. The molecule has 9 rings (SSSR count). The zero-order chi connectivity index (χ0) is 53.8. The molecule has 0 aromatic heterocycles. The Bertz CT molecular complexity index is 2060. The molecule has 0 amide bonds. The average molecular weight is 1060 g/mol. The van der Waals surface area contributed by atoms with Crippen molar-refractivity contribution in [2.24, 2.45) is 50.2 Å². The van der Waals surface area contributed by atoms with Gasteiger partial charge in [0, 0.05) is 0 Å². The predicted octanol–water partition coefficient (Wildman–Crippen LogP) is -1.58. The minimum atomic E-state index is -1.88. The van der Waals surface area contributed by atoms with Crippen molar-refractivity contribution >= 4 is 12.3 Å². The number of fused-ring (bicyclic) bond motifs is 7. The molecule has 0 bridgehead atoms. The summed E-state index contributed by atoms with van der Waals surface area (Å²) in [5.41, 5.74) is -2.73. The van der Waals surface area contributed by atoms with Crippen LogP contribution >= 0.6 is 0 Å². The first kappa shape index (κ1) is 56.8. The van der Waals surface area contributed by atoms with Crippen LogP contribution in [0.4, 0.5) is 0 Å². The molecular weight excluding hydrogens is 977 g/mol. The van der Waals surface area contributed by atoms with Gasteiger partial charge in [-0.25, -0.2) is 0 Å². The predicted molar refractivity (Wildman–Crippen MR) is 251 cm³/mol. The van der Waals surface area contributed by atoms with Crippen molar-refractivity contribution in [3.63, 3.8) is 0 Å². The molecule has 4 aliphatic heterocycles. The number of allylic oxidation sites excluding steroid dienone is 2. The maximum absolute atomic E-state index is 15.0. The van der Waals surface area contributed by atoms with E-state index < -0.39 is 163 Å². The van der Waals surface area contributed by atoms with Crippen LogP contribution in [0.5, 0.6) is 0 Å². The molecule has 22 nitrogen and oxygen atoms in total. The molecule has 9 aliphatic rings. The number of hydrogen-bond donors (Lipinski definition) is 12. The van der Waals surface area contributed by atoms with Crippen molar-refractivity contribution in [1.82, 2.24) is 0 Å². The second kappa shape index (κ2) is 20.7. The Morgan fingerprint density at radius 3 is 1.93 bits per heavy atom. The molecule has 0 aromatic carbocycles. The van der Waals surface area contributed by atoms with E-state index >= 15 is 4.79 Å². The number of aldehydes is 1. The summed E-state index contributed by atoms with van der Waals surface area (Å²) in [6, 6.07) is 0. The highest BCUT2D eigenvalue weighted by Crippen LogP contribution is 2.75. The van der Waals surface area contributed by atoms with Gasteiger partial charge in [-0.15, -0.1) is 0 Å². The molecule has 0 radical (unpaired) electrons. The maximum Gasteiger partial charge on any atom is 0.315 e. The van der Waals surface area contributed by atoms with Crippen LogP contribution in [0.2, 0.25) is 0 Å². The largest absolute Gasteiger partial charge is 0.432 e. The van der Waals surface area contributed by atoms with E-state index in [0.717, 1.165) is 18.3 Å². The summed E-state index contributed by atoms with van der Waals surface area (Å²) in [5.74, 6) is -0.989. The Morgan fingerprint density at radius 2 is 1.26 bits per heavy atom. The zero-order valence-electron chi connectivity index (χ0n) is 43.2. The summed E-state index contributed by atoms with van der Waals surface area (Å²) in [4.78, 5) is 29.3. The second-order valence-corrected chi connectivity index (χ2v) is 25.2. The van der Waals surface area contributed by atoms with E-state index in [1.54, 1.807) is 0 Å². The number of aliphatic hydroxyl groups excluding tert-OH is 12. The Labute approximate surface area is 430 Å². The van der Waals surface area contributed by atoms with Gasteiger partial charge in [-0.1, -0.05) is 53.2 Å². The molecule has 74 heavy (non-hydrogen) atoms. The lowest BCUT2D eigenvalue weighted by Crippen LogP contribution is -2.67. The third kappa shape index (κ3) is 9.17. The third-order valence-electron chi connectivity index (χ3n) is 20.4. The molecule has 0 spiro atoms. The summed E-state index contributed by atoms with van der Waals surface area (Å²) < 4.78 is 47.2. The van der Waals surface area contributed by atoms with Gasteiger partial charge in [0.05, 0.1) is 43.4 Å². The van der Waals surface area contributed by atoms with Gasteiger partial charge in [-0.05, 0) is 104 Å². The summed E-state index contributed by atoms with van der Waals surface area (Å²) in [7, 11) is 0. The first-order chi connectivity index (χ1) is 34.7. The topological polar surface area (TPSA) is 351 Å². The summed E-state index contributed by atoms with van der Waals surface area (Å²) in [6.07, 6.45) is -19.5. The van der Waals surface area contributed by atoms with E-state index in [2.05, 4.69) is 47.6 Å². The van der Waals surface area contributed by atoms with E-state index in [9.17, 15) is 66.1 Å². The second-order valence-electron chi connectivity index (χ2n) is 25.2. The molecule has 422 valence electrons. The van der Waals surface area contributed by atoms with Crippen LogP contribution in [-0.4, -0.2) is 217 Å². The minimum absolute atomic E-state index is 0.0329. The molecule has 26 atom stereocenters. The zero-order valence-corrected chi connectivity index (χ0v) is 43.2. The maximum atomic E-state index is 15.0. The Hall–Kier alpha value is -1.88. The van der Waals surface area contributed by atoms with Crippen molar-refractivity contribution in [3.05, 3.63) is 11.6 Å². The number of rotatable bonds is 11. The van der Waals surface area contributed by atoms with Gasteiger partial charge in [0.1, 0.15) is 91.7 Å². The number of aliphatic hydroxyl groups is 12. The van der Waals surface area contributed by atoms with Gasteiger partial charge in [0.25, 0.3) is 0 Å². The van der Waals surface area contributed by atoms with Crippen molar-refractivity contribution < 1.29 is 109 Å². The highest BCUT2D eigenvalue weighted by atomic mass is 16.8. The quantitative estimate of drug-likeness (QED) is 0.0481. The van der Waals surface area contributed by atoms with Crippen LogP contribution in [0.1, 0.15) is 106 Å². The van der Waals surface area contributed by atoms with Crippen molar-refractivity contribution in [3.8, 4) is 0 Å². The van der Waals surface area contributed by atoms with Crippen LogP contribution in [0, 0.1) is 50.2 Å². The van der Waals surface area contributed by atoms with Gasteiger partial charge in [-0.3, -0.25) is 4.79 Å². The fourth-order valence-corrected chi connectivity index (χ4v) is 15.8. The molecule has 12 N–H and O–H groups in total. The van der Waals surface area contributed by atoms with Gasteiger partial charge in [-0.2, -0.15) is 0 Å². The van der Waals surface area contributed by atoms with Crippen LogP contribution in [-0.2, 0) is 47.5 Å². The molecule has 0 unspecified atom stereocenters. The molecule has 22 heteroatoms. The lowest BCUT2D eigenvalue weighted by atomic mass is 9.33. The third-order valence-corrected chi connectivity index (χ3v) is 20.4. The minimum Gasteiger partial charge on any atom is -0.432 e. The highest BCUT2D eigenvalue weighted by molar-refractivity contribution is 5.81. The van der Waals surface area contributed by atoms with Crippen molar-refractivity contribution in [1.29, 1.82) is 0 Å². The Morgan fingerprint density at radius 1 is 0.649 bits per heavy atom. The summed E-state index contributed by atoms with van der Waals surface area (Å²) >= 11 is 0. The van der Waals surface area contributed by atoms with E-state index in [-0.39, 0.29) is 42.3 Å².